The smallest absolute Gasteiger partial charge is 0.147 e. The van der Waals surface area contributed by atoms with Gasteiger partial charge < -0.3 is 0 Å². The number of benzene rings is 3. The Morgan fingerprint density at radius 1 is 0.733 bits per heavy atom. The summed E-state index contributed by atoms with van der Waals surface area (Å²) in [5.41, 5.74) is 0. The molecule has 0 radical (unpaired) electrons. The third kappa shape index (κ3) is 1.84. The maximum atomic E-state index is 3.24. The number of hydrogen-bond acceptors (Lipinski definition) is 0. The Kier molecular flexibility index (Phi) is 2.92. The zero-order chi connectivity index (χ0) is 9.38. The van der Waals surface area contributed by atoms with Gasteiger partial charge in [-0.05, 0) is 5.39 Å². The van der Waals surface area contributed by atoms with Crippen molar-refractivity contribution >= 4 is 21.5 Å². The summed E-state index contributed by atoms with van der Waals surface area (Å²) in [5.74, 6) is 0. The third-order valence-electron chi connectivity index (χ3n) is 2.53. The Morgan fingerprint density at radius 2 is 1.40 bits per heavy atom. The molecule has 0 saturated carbocycles. The summed E-state index contributed by atoms with van der Waals surface area (Å²) in [5, 5.41) is 5.01. The molecule has 15 heavy (non-hydrogen) atoms. The van der Waals surface area contributed by atoms with Crippen molar-refractivity contribution in [2.45, 2.75) is 0 Å². The molecule has 0 atom stereocenters. The van der Waals surface area contributed by atoms with E-state index in [1.807, 2.05) is 12.1 Å². The van der Waals surface area contributed by atoms with Crippen molar-refractivity contribution in [3.8, 4) is 0 Å². The predicted molar refractivity (Wildman–Crippen MR) is 60.3 cm³/mol. The van der Waals surface area contributed by atoms with Gasteiger partial charge in [0, 0.05) is 0 Å². The van der Waals surface area contributed by atoms with Crippen LogP contribution in [-0.2, 0) is 22.4 Å². The molecule has 0 aliphatic carbocycles. The molecular weight excluding hydrogens is 365 g/mol. The fourth-order valence-electron chi connectivity index (χ4n) is 1.81. The maximum Gasteiger partial charge on any atom is 1.00 e. The van der Waals surface area contributed by atoms with E-state index in [1.54, 1.807) is 0 Å². The number of fused-ring (bicyclic) bond motifs is 2. The van der Waals surface area contributed by atoms with Crippen molar-refractivity contribution in [1.82, 2.24) is 0 Å². The molecule has 0 spiro atoms. The number of rotatable bonds is 0. The van der Waals surface area contributed by atoms with Crippen LogP contribution in [0.4, 0.5) is 0 Å². The second-order valence-electron chi connectivity index (χ2n) is 3.46. The summed E-state index contributed by atoms with van der Waals surface area (Å²) in [6.07, 6.45) is 0. The maximum absolute atomic E-state index is 3.24. The molecule has 0 aromatic heterocycles. The minimum absolute atomic E-state index is 0. The fourth-order valence-corrected chi connectivity index (χ4v) is 1.81. The summed E-state index contributed by atoms with van der Waals surface area (Å²) >= 11 is 0. The minimum Gasteiger partial charge on any atom is -0.147 e. The summed E-state index contributed by atoms with van der Waals surface area (Å²) < 4.78 is 0. The molecule has 3 rings (SSSR count). The van der Waals surface area contributed by atoms with E-state index in [9.17, 15) is 0 Å². The first-order valence-corrected chi connectivity index (χ1v) is 4.73. The molecule has 0 aliphatic rings. The third-order valence-corrected chi connectivity index (χ3v) is 2.53. The van der Waals surface area contributed by atoms with E-state index in [0.717, 1.165) is 0 Å². The Bertz CT molecular complexity index is 494. The van der Waals surface area contributed by atoms with Crippen LogP contribution in [0.1, 0.15) is 0 Å². The Morgan fingerprint density at radius 3 is 2.20 bits per heavy atom. The molecule has 0 N–H and O–H groups in total. The molecule has 0 saturated heterocycles. The van der Waals surface area contributed by atoms with Gasteiger partial charge in [-0.25, -0.2) is 0 Å². The second kappa shape index (κ2) is 4.19. The molecule has 0 nitrogen and oxygen atoms in total. The second-order valence-corrected chi connectivity index (χ2v) is 3.46. The molecule has 3 aromatic rings. The van der Waals surface area contributed by atoms with Crippen LogP contribution in [0.5, 0.6) is 0 Å². The summed E-state index contributed by atoms with van der Waals surface area (Å²) in [6, 6.07) is 22.2. The first-order valence-electron chi connectivity index (χ1n) is 4.73. The van der Waals surface area contributed by atoms with Crippen LogP contribution in [0.25, 0.3) is 21.5 Å². The molecule has 76 valence electrons. The van der Waals surface area contributed by atoms with Crippen LogP contribution in [0.15, 0.2) is 54.6 Å². The fraction of sp³-hybridized carbons (Fsp3) is 0. The molecule has 0 bridgehead atoms. The van der Waals surface area contributed by atoms with Crippen LogP contribution >= 0.6 is 0 Å². The molecule has 0 fully saturated rings. The van der Waals surface area contributed by atoms with E-state index in [2.05, 4.69) is 48.5 Å². The molecule has 0 aliphatic heterocycles. The topological polar surface area (TPSA) is 0 Å². The quantitative estimate of drug-likeness (QED) is 0.319. The van der Waals surface area contributed by atoms with Crippen molar-refractivity contribution in [2.75, 3.05) is 0 Å². The average molecular weight is 374 g/mol. The van der Waals surface area contributed by atoms with E-state index < -0.39 is 0 Å². The van der Waals surface area contributed by atoms with Crippen LogP contribution < -0.4 is 0 Å². The van der Waals surface area contributed by atoms with Gasteiger partial charge in [-0.1, -0.05) is 35.7 Å². The van der Waals surface area contributed by atoms with Gasteiger partial charge in [0.15, 0.2) is 0 Å². The SMILES string of the molecule is [Au+].[c-]1cccc2cc3ccccc3cc12. The predicted octanol–water partition coefficient (Wildman–Crippen LogP) is 3.79. The Balaban J connectivity index is 0.000000853. The van der Waals surface area contributed by atoms with Gasteiger partial charge in [0.05, 0.1) is 0 Å². The van der Waals surface area contributed by atoms with Gasteiger partial charge >= 0.3 is 22.4 Å². The van der Waals surface area contributed by atoms with E-state index >= 15 is 0 Å². The molecule has 3 aromatic carbocycles. The van der Waals surface area contributed by atoms with E-state index in [0.29, 0.717) is 0 Å². The van der Waals surface area contributed by atoms with Gasteiger partial charge in [0.2, 0.25) is 0 Å². The molecule has 0 amide bonds. The van der Waals surface area contributed by atoms with Crippen LogP contribution in [0.3, 0.4) is 0 Å². The van der Waals surface area contributed by atoms with Crippen LogP contribution in [-0.4, -0.2) is 0 Å². The van der Waals surface area contributed by atoms with E-state index in [-0.39, 0.29) is 22.4 Å². The van der Waals surface area contributed by atoms with E-state index in [1.165, 1.54) is 21.5 Å². The van der Waals surface area contributed by atoms with Crippen LogP contribution in [0.2, 0.25) is 0 Å². The molecule has 1 heteroatoms. The summed E-state index contributed by atoms with van der Waals surface area (Å²) in [7, 11) is 0. The first-order chi connectivity index (χ1) is 6.93. The Hall–Kier alpha value is -1.08. The van der Waals surface area contributed by atoms with Crippen molar-refractivity contribution < 1.29 is 22.4 Å². The first kappa shape index (κ1) is 10.4. The summed E-state index contributed by atoms with van der Waals surface area (Å²) in [6.45, 7) is 0. The van der Waals surface area contributed by atoms with Gasteiger partial charge in [0.1, 0.15) is 0 Å². The normalized spacial score (nSPS) is 10.1. The molecule has 0 heterocycles. The zero-order valence-corrected chi connectivity index (χ0v) is 10.2. The van der Waals surface area contributed by atoms with Crippen molar-refractivity contribution in [3.05, 3.63) is 60.7 Å². The number of hydrogen-bond donors (Lipinski definition) is 0. The Labute approximate surface area is 104 Å². The minimum atomic E-state index is 0. The molecular formula is C14H9Au. The van der Waals surface area contributed by atoms with Gasteiger partial charge in [-0.3, -0.25) is 0 Å². The summed E-state index contributed by atoms with van der Waals surface area (Å²) in [4.78, 5) is 0. The monoisotopic (exact) mass is 374 g/mol. The van der Waals surface area contributed by atoms with Crippen molar-refractivity contribution in [3.63, 3.8) is 0 Å². The van der Waals surface area contributed by atoms with Gasteiger partial charge in [-0.15, -0.1) is 41.1 Å². The van der Waals surface area contributed by atoms with Gasteiger partial charge in [-0.2, -0.15) is 0 Å². The van der Waals surface area contributed by atoms with Crippen LogP contribution in [0, 0.1) is 6.07 Å². The van der Waals surface area contributed by atoms with E-state index in [4.69, 9.17) is 0 Å². The van der Waals surface area contributed by atoms with Gasteiger partial charge in [0.25, 0.3) is 0 Å². The van der Waals surface area contributed by atoms with Crippen molar-refractivity contribution in [1.29, 1.82) is 0 Å². The van der Waals surface area contributed by atoms with Crippen molar-refractivity contribution in [2.24, 2.45) is 0 Å². The standard InChI is InChI=1S/C14H9.Au/c1-2-6-12-10-14-8-4-3-7-13(14)9-11(12)5-1;/h1-7,9-10H;/q-1;+1. The zero-order valence-electron chi connectivity index (χ0n) is 8.00. The largest absolute Gasteiger partial charge is 1.00 e. The molecule has 0 unspecified atom stereocenters. The average Bonchev–Trinajstić information content (AvgIpc) is 2.26.